The summed E-state index contributed by atoms with van der Waals surface area (Å²) in [5.41, 5.74) is 5.06. The highest BCUT2D eigenvalue weighted by Crippen LogP contribution is 2.23. The van der Waals surface area contributed by atoms with Crippen molar-refractivity contribution < 1.29 is 23.5 Å². The van der Waals surface area contributed by atoms with Gasteiger partial charge in [-0.05, 0) is 28.1 Å². The van der Waals surface area contributed by atoms with Crippen LogP contribution in [0.2, 0.25) is 0 Å². The number of carboxylic acids is 1. The van der Waals surface area contributed by atoms with E-state index in [1.807, 2.05) is 0 Å². The van der Waals surface area contributed by atoms with Gasteiger partial charge in [0.1, 0.15) is 0 Å². The van der Waals surface area contributed by atoms with E-state index in [0.29, 0.717) is 10.4 Å². The molecule has 2 aromatic heterocycles. The van der Waals surface area contributed by atoms with Gasteiger partial charge >= 0.3 is 5.97 Å². The highest BCUT2D eigenvalue weighted by Gasteiger charge is 2.18. The Balaban J connectivity index is 2.08. The molecule has 0 saturated heterocycles. The molecule has 0 unspecified atom stereocenters. The number of furan rings is 1. The topological polar surface area (TPSA) is 136 Å². The van der Waals surface area contributed by atoms with Crippen molar-refractivity contribution in [2.75, 3.05) is 13.1 Å². The van der Waals surface area contributed by atoms with Gasteiger partial charge in [-0.15, -0.1) is 10.2 Å². The summed E-state index contributed by atoms with van der Waals surface area (Å²) in [6.45, 7) is -0.604. The van der Waals surface area contributed by atoms with E-state index >= 15 is 0 Å². The van der Waals surface area contributed by atoms with Crippen molar-refractivity contribution in [2.24, 2.45) is 5.73 Å². The van der Waals surface area contributed by atoms with E-state index < -0.39 is 11.9 Å². The number of primary amides is 1. The number of halogens is 1. The summed E-state index contributed by atoms with van der Waals surface area (Å²) >= 11 is 3.15. The Labute approximate surface area is 126 Å². The summed E-state index contributed by atoms with van der Waals surface area (Å²) in [6, 6.07) is 3.31. The summed E-state index contributed by atoms with van der Waals surface area (Å²) in [4.78, 5) is 22.9. The molecule has 0 bridgehead atoms. The molecular weight excluding hydrogens is 348 g/mol. The molecule has 112 valence electrons. The number of hydrogen-bond donors (Lipinski definition) is 2. The van der Waals surface area contributed by atoms with Gasteiger partial charge in [-0.3, -0.25) is 14.5 Å². The van der Waals surface area contributed by atoms with Gasteiger partial charge in [-0.2, -0.15) is 0 Å². The third-order valence-electron chi connectivity index (χ3n) is 2.35. The van der Waals surface area contributed by atoms with Crippen molar-refractivity contribution >= 4 is 27.8 Å². The second-order valence-electron chi connectivity index (χ2n) is 4.11. The standard InChI is InChI=1S/C11H11BrN4O5/c12-7-2-1-6(20-7)11-15-14-9(21-11)4-16(3-8(13)17)5-10(18)19/h1-2H,3-5H2,(H2,13,17)(H,18,19). The molecule has 0 radical (unpaired) electrons. The predicted octanol–water partition coefficient (Wildman–Crippen LogP) is 0.464. The maximum Gasteiger partial charge on any atom is 0.317 e. The molecule has 9 nitrogen and oxygen atoms in total. The van der Waals surface area contributed by atoms with E-state index in [-0.39, 0.29) is 31.4 Å². The second-order valence-corrected chi connectivity index (χ2v) is 4.89. The molecule has 3 N–H and O–H groups in total. The Morgan fingerprint density at radius 3 is 2.62 bits per heavy atom. The van der Waals surface area contributed by atoms with Crippen LogP contribution in [0.3, 0.4) is 0 Å². The monoisotopic (exact) mass is 358 g/mol. The van der Waals surface area contributed by atoms with Crippen LogP contribution in [0.4, 0.5) is 0 Å². The van der Waals surface area contributed by atoms with Crippen LogP contribution in [0.25, 0.3) is 11.7 Å². The lowest BCUT2D eigenvalue weighted by atomic mass is 10.4. The lowest BCUT2D eigenvalue weighted by Crippen LogP contribution is -2.36. The Morgan fingerprint density at radius 1 is 1.29 bits per heavy atom. The third-order valence-corrected chi connectivity index (χ3v) is 2.77. The normalized spacial score (nSPS) is 11.0. The fourth-order valence-electron chi connectivity index (χ4n) is 1.62. The van der Waals surface area contributed by atoms with Gasteiger partial charge in [0.2, 0.25) is 11.8 Å². The van der Waals surface area contributed by atoms with Gasteiger partial charge in [0, 0.05) is 0 Å². The number of aliphatic carboxylic acids is 1. The van der Waals surface area contributed by atoms with Crippen molar-refractivity contribution in [3.8, 4) is 11.7 Å². The van der Waals surface area contributed by atoms with Crippen LogP contribution < -0.4 is 5.73 Å². The average molecular weight is 359 g/mol. The van der Waals surface area contributed by atoms with Crippen LogP contribution in [-0.2, 0) is 16.1 Å². The van der Waals surface area contributed by atoms with Crippen LogP contribution in [0, 0.1) is 0 Å². The van der Waals surface area contributed by atoms with E-state index in [1.54, 1.807) is 12.1 Å². The molecule has 2 heterocycles. The molecule has 0 spiro atoms. The van der Waals surface area contributed by atoms with Gasteiger partial charge in [-0.1, -0.05) is 0 Å². The van der Waals surface area contributed by atoms with Crippen molar-refractivity contribution in [1.82, 2.24) is 15.1 Å². The Hall–Kier alpha value is -2.20. The van der Waals surface area contributed by atoms with Crippen LogP contribution in [0.5, 0.6) is 0 Å². The molecule has 0 aliphatic carbocycles. The SMILES string of the molecule is NC(=O)CN(CC(=O)O)Cc1nnc(-c2ccc(Br)o2)o1. The number of carbonyl (C=O) groups is 2. The van der Waals surface area contributed by atoms with Crippen molar-refractivity contribution in [3.63, 3.8) is 0 Å². The molecule has 0 atom stereocenters. The molecule has 0 aromatic carbocycles. The first-order valence-electron chi connectivity index (χ1n) is 5.74. The Morgan fingerprint density at radius 2 is 2.05 bits per heavy atom. The average Bonchev–Trinajstić information content (AvgIpc) is 2.96. The minimum Gasteiger partial charge on any atom is -0.480 e. The van der Waals surface area contributed by atoms with E-state index in [9.17, 15) is 9.59 Å². The summed E-state index contributed by atoms with van der Waals surface area (Å²) in [7, 11) is 0. The fraction of sp³-hybridized carbons (Fsp3) is 0.273. The molecule has 0 fully saturated rings. The van der Waals surface area contributed by atoms with Crippen molar-refractivity contribution in [2.45, 2.75) is 6.54 Å². The van der Waals surface area contributed by atoms with Gasteiger partial charge in [0.15, 0.2) is 10.4 Å². The largest absolute Gasteiger partial charge is 0.480 e. The molecular formula is C11H11BrN4O5. The quantitative estimate of drug-likeness (QED) is 0.728. The zero-order chi connectivity index (χ0) is 15.4. The van der Waals surface area contributed by atoms with E-state index in [0.717, 1.165) is 0 Å². The molecule has 10 heteroatoms. The number of nitrogens with zero attached hydrogens (tertiary/aromatic N) is 3. The fourth-order valence-corrected chi connectivity index (χ4v) is 1.92. The van der Waals surface area contributed by atoms with Gasteiger partial charge in [0.25, 0.3) is 5.89 Å². The van der Waals surface area contributed by atoms with Crippen LogP contribution in [-0.4, -0.2) is 45.2 Å². The van der Waals surface area contributed by atoms with Crippen molar-refractivity contribution in [3.05, 3.63) is 22.7 Å². The third kappa shape index (κ3) is 4.39. The number of amides is 1. The first-order valence-corrected chi connectivity index (χ1v) is 6.54. The minimum absolute atomic E-state index is 0.00980. The Kier molecular flexibility index (Phi) is 4.70. The summed E-state index contributed by atoms with van der Waals surface area (Å²) in [5.74, 6) is -1.05. The second kappa shape index (κ2) is 6.50. The van der Waals surface area contributed by atoms with Crippen LogP contribution in [0.1, 0.15) is 5.89 Å². The molecule has 2 rings (SSSR count). The van der Waals surface area contributed by atoms with Gasteiger partial charge in [0.05, 0.1) is 19.6 Å². The van der Waals surface area contributed by atoms with E-state index in [4.69, 9.17) is 19.7 Å². The number of hydrogen-bond acceptors (Lipinski definition) is 7. The predicted molar refractivity (Wildman–Crippen MR) is 71.8 cm³/mol. The molecule has 2 aromatic rings. The molecule has 21 heavy (non-hydrogen) atoms. The lowest BCUT2D eigenvalue weighted by molar-refractivity contribution is -0.138. The lowest BCUT2D eigenvalue weighted by Gasteiger charge is -2.15. The first-order chi connectivity index (χ1) is 9.94. The maximum absolute atomic E-state index is 10.9. The highest BCUT2D eigenvalue weighted by molar-refractivity contribution is 9.10. The summed E-state index contributed by atoms with van der Waals surface area (Å²) in [5, 5.41) is 16.3. The smallest absolute Gasteiger partial charge is 0.317 e. The Bertz CT molecular complexity index is 637. The van der Waals surface area contributed by atoms with Gasteiger partial charge < -0.3 is 19.7 Å². The number of nitrogens with two attached hydrogens (primary N) is 1. The molecule has 0 aliphatic rings. The number of carboxylic acid groups (broad SMARTS) is 1. The highest BCUT2D eigenvalue weighted by atomic mass is 79.9. The maximum atomic E-state index is 10.9. The summed E-state index contributed by atoms with van der Waals surface area (Å²) < 4.78 is 11.1. The number of carbonyl (C=O) groups excluding carboxylic acids is 1. The zero-order valence-corrected chi connectivity index (χ0v) is 12.2. The minimum atomic E-state index is -1.09. The van der Waals surface area contributed by atoms with E-state index in [1.165, 1.54) is 4.90 Å². The van der Waals surface area contributed by atoms with Crippen molar-refractivity contribution in [1.29, 1.82) is 0 Å². The van der Waals surface area contributed by atoms with E-state index in [2.05, 4.69) is 26.1 Å². The van der Waals surface area contributed by atoms with Gasteiger partial charge in [-0.25, -0.2) is 0 Å². The van der Waals surface area contributed by atoms with Crippen LogP contribution in [0.15, 0.2) is 25.6 Å². The summed E-state index contributed by atoms with van der Waals surface area (Å²) in [6.07, 6.45) is 0. The number of aromatic nitrogens is 2. The molecule has 1 amide bonds. The molecule has 0 saturated carbocycles. The molecule has 0 aliphatic heterocycles. The first kappa shape index (κ1) is 15.2. The zero-order valence-electron chi connectivity index (χ0n) is 10.7. The number of rotatable bonds is 7. The van der Waals surface area contributed by atoms with Crippen LogP contribution >= 0.6 is 15.9 Å².